The molecule has 0 aliphatic carbocycles. The summed E-state index contributed by atoms with van der Waals surface area (Å²) in [4.78, 5) is 11.5. The lowest BCUT2D eigenvalue weighted by Gasteiger charge is -2.47. The Hall–Kier alpha value is -1.17. The van der Waals surface area contributed by atoms with Crippen molar-refractivity contribution >= 4 is 5.97 Å². The van der Waals surface area contributed by atoms with Gasteiger partial charge in [-0.3, -0.25) is 4.79 Å². The van der Waals surface area contributed by atoms with Crippen LogP contribution in [0.4, 0.5) is 0 Å². The van der Waals surface area contributed by atoms with E-state index in [2.05, 4.69) is 0 Å². The number of methoxy groups -OCH3 is 3. The van der Waals surface area contributed by atoms with Gasteiger partial charge in [0.05, 0.1) is 26.4 Å². The van der Waals surface area contributed by atoms with E-state index in [0.717, 1.165) is 0 Å². The van der Waals surface area contributed by atoms with Crippen LogP contribution in [0.15, 0.2) is 0 Å². The Morgan fingerprint density at radius 3 is 2.00 bits per heavy atom. The number of aliphatic hydroxyl groups excluding tert-OH is 4. The van der Waals surface area contributed by atoms with Gasteiger partial charge in [-0.25, -0.2) is 0 Å². The van der Waals surface area contributed by atoms with E-state index in [4.69, 9.17) is 61.6 Å². The minimum absolute atomic E-state index is 0.103. The minimum atomic E-state index is -1.69. The van der Waals surface area contributed by atoms with Crippen molar-refractivity contribution in [1.82, 2.24) is 0 Å². The lowest BCUT2D eigenvalue weighted by Crippen LogP contribution is -2.65. The molecule has 18 heteroatoms. The van der Waals surface area contributed by atoms with E-state index in [1.807, 2.05) is 0 Å². The zero-order valence-corrected chi connectivity index (χ0v) is 32.1. The van der Waals surface area contributed by atoms with E-state index in [-0.39, 0.29) is 19.0 Å². The summed E-state index contributed by atoms with van der Waals surface area (Å²) in [6.07, 6.45) is -14.4. The average Bonchev–Trinajstić information content (AvgIpc) is 3.75. The third-order valence-electron chi connectivity index (χ3n) is 10.1. The number of esters is 1. The Kier molecular flexibility index (Phi) is 14.2. The van der Waals surface area contributed by atoms with E-state index >= 15 is 0 Å². The van der Waals surface area contributed by atoms with Crippen LogP contribution in [-0.4, -0.2) is 170 Å². The van der Waals surface area contributed by atoms with Crippen LogP contribution < -0.4 is 0 Å². The molecule has 4 N–H and O–H groups in total. The molecule has 5 fully saturated rings. The molecule has 14 atom stereocenters. The number of fused-ring (bicyclic) bond motifs is 1. The third-order valence-corrected chi connectivity index (χ3v) is 10.1. The normalized spacial score (nSPS) is 41.1. The second kappa shape index (κ2) is 17.5. The molecule has 0 aromatic rings. The summed E-state index contributed by atoms with van der Waals surface area (Å²) in [6, 6.07) is 0. The average molecular weight is 769 g/mol. The van der Waals surface area contributed by atoms with E-state index in [1.54, 1.807) is 41.5 Å². The molecule has 1 unspecified atom stereocenters. The molecule has 0 aromatic heterocycles. The number of aliphatic hydroxyl groups is 4. The highest BCUT2D eigenvalue weighted by atomic mass is 16.8. The zero-order valence-electron chi connectivity index (χ0n) is 32.1. The molecule has 5 aliphatic rings. The van der Waals surface area contributed by atoms with E-state index in [9.17, 15) is 25.2 Å². The van der Waals surface area contributed by atoms with Gasteiger partial charge in [0.25, 0.3) is 0 Å². The number of unbranched alkanes of at least 4 members (excludes halogenated alkanes) is 2. The van der Waals surface area contributed by atoms with Gasteiger partial charge < -0.3 is 82.0 Å². The predicted molar refractivity (Wildman–Crippen MR) is 178 cm³/mol. The maximum Gasteiger partial charge on any atom is 0.305 e. The maximum absolute atomic E-state index is 11.5. The summed E-state index contributed by atoms with van der Waals surface area (Å²) in [7, 11) is 4.28. The maximum atomic E-state index is 11.5. The van der Waals surface area contributed by atoms with Crippen molar-refractivity contribution in [2.75, 3.05) is 34.5 Å². The van der Waals surface area contributed by atoms with Crippen LogP contribution in [0.2, 0.25) is 0 Å². The lowest BCUT2D eigenvalue weighted by molar-refractivity contribution is -0.369. The number of carbonyl (C=O) groups is 1. The van der Waals surface area contributed by atoms with Gasteiger partial charge in [-0.05, 0) is 54.4 Å². The minimum Gasteiger partial charge on any atom is -0.469 e. The summed E-state index contributed by atoms with van der Waals surface area (Å²) in [6.45, 7) is 10.1. The predicted octanol–water partition coefficient (Wildman–Crippen LogP) is 0.216. The first-order valence-electron chi connectivity index (χ1n) is 18.4. The Morgan fingerprint density at radius 2 is 1.38 bits per heavy atom. The fraction of sp³-hybridized carbons (Fsp3) is 0.971. The molecule has 0 radical (unpaired) electrons. The van der Waals surface area contributed by atoms with E-state index in [0.29, 0.717) is 25.7 Å². The van der Waals surface area contributed by atoms with Crippen LogP contribution in [0.5, 0.6) is 0 Å². The highest BCUT2D eigenvalue weighted by molar-refractivity contribution is 5.68. The molecule has 0 bridgehead atoms. The van der Waals surface area contributed by atoms with Crippen molar-refractivity contribution in [2.24, 2.45) is 0 Å². The van der Waals surface area contributed by atoms with E-state index < -0.39 is 116 Å². The first-order valence-corrected chi connectivity index (χ1v) is 18.4. The van der Waals surface area contributed by atoms with Crippen molar-refractivity contribution in [2.45, 2.75) is 183 Å². The highest BCUT2D eigenvalue weighted by Crippen LogP contribution is 2.43. The Morgan fingerprint density at radius 1 is 0.736 bits per heavy atom. The lowest BCUT2D eigenvalue weighted by atomic mass is 9.94. The molecular formula is C35H60O18. The van der Waals surface area contributed by atoms with Crippen LogP contribution >= 0.6 is 0 Å². The van der Waals surface area contributed by atoms with Crippen molar-refractivity contribution < 1.29 is 86.8 Å². The van der Waals surface area contributed by atoms with Crippen LogP contribution in [0, 0.1) is 0 Å². The molecule has 5 saturated heterocycles. The quantitative estimate of drug-likeness (QED) is 0.0938. The molecule has 18 nitrogen and oxygen atoms in total. The first-order chi connectivity index (χ1) is 24.9. The molecule has 308 valence electrons. The van der Waals surface area contributed by atoms with Crippen LogP contribution in [0.3, 0.4) is 0 Å². The molecule has 0 amide bonds. The zero-order chi connectivity index (χ0) is 38.9. The van der Waals surface area contributed by atoms with Gasteiger partial charge in [-0.2, -0.15) is 0 Å². The Balaban J connectivity index is 1.44. The number of rotatable bonds is 16. The monoisotopic (exact) mass is 768 g/mol. The van der Waals surface area contributed by atoms with Crippen LogP contribution in [0.25, 0.3) is 0 Å². The molecule has 0 spiro atoms. The summed E-state index contributed by atoms with van der Waals surface area (Å²) < 4.78 is 79.1. The number of hydrogen-bond donors (Lipinski definition) is 4. The van der Waals surface area contributed by atoms with Gasteiger partial charge in [-0.15, -0.1) is 0 Å². The molecule has 5 aliphatic heterocycles. The van der Waals surface area contributed by atoms with Gasteiger partial charge in [0, 0.05) is 20.6 Å². The third kappa shape index (κ3) is 10.0. The summed E-state index contributed by atoms with van der Waals surface area (Å²) in [5.74, 6) is -3.52. The summed E-state index contributed by atoms with van der Waals surface area (Å²) in [5, 5.41) is 43.4. The van der Waals surface area contributed by atoms with Crippen LogP contribution in [0.1, 0.15) is 73.6 Å². The molecule has 0 aromatic carbocycles. The highest BCUT2D eigenvalue weighted by Gasteiger charge is 2.61. The molecule has 53 heavy (non-hydrogen) atoms. The van der Waals surface area contributed by atoms with Crippen molar-refractivity contribution in [1.29, 1.82) is 0 Å². The largest absolute Gasteiger partial charge is 0.469 e. The summed E-state index contributed by atoms with van der Waals surface area (Å²) in [5.41, 5.74) is 0. The molecule has 5 rings (SSSR count). The van der Waals surface area contributed by atoms with Crippen LogP contribution in [-0.2, 0) is 66.4 Å². The van der Waals surface area contributed by atoms with Gasteiger partial charge in [0.2, 0.25) is 0 Å². The SMILES string of the molecule is COC(=O)CCCCC[C@@H]1O[C@@H](O[C@H]2[C@H](OC([C@H]3COC(C)(C)O3)[C@@H]3OC(C)(C)O[C@H]3C(OC)OC)O[C@H](CO)[C@@H]3OC(C)(C)O[C@@H]32)[C@@H](O)[C@H](O)[C@@H]1O. The standard InChI is InChI=1S/C35H60O18/c1-33(2)44-16-19(49-33)24(26-29(31(42-8)43-9)53-35(5,6)51-26)47-32-28(27-25(18(15-36)46-32)50-34(3,4)52-27)48-30-23(40)22(39)21(38)17(45-30)13-11-10-12-14-20(37)41-7/h17-19,21-32,36,38-40H,10-16H2,1-9H3/t17-,18+,19+,21+,22+,23-,24?,25-,26-,27-,28+,29+,30-,32-/m0/s1. The fourth-order valence-corrected chi connectivity index (χ4v) is 7.61. The second-order valence-corrected chi connectivity index (χ2v) is 15.5. The topological polar surface area (TPSA) is 218 Å². The Bertz CT molecular complexity index is 1180. The van der Waals surface area contributed by atoms with Gasteiger partial charge >= 0.3 is 5.97 Å². The summed E-state index contributed by atoms with van der Waals surface area (Å²) >= 11 is 0. The van der Waals surface area contributed by atoms with Crippen molar-refractivity contribution in [3.8, 4) is 0 Å². The van der Waals surface area contributed by atoms with Crippen molar-refractivity contribution in [3.05, 3.63) is 0 Å². The number of carbonyl (C=O) groups excluding carboxylic acids is 1. The number of ether oxygens (including phenoxy) is 13. The number of hydrogen-bond acceptors (Lipinski definition) is 18. The molecule has 5 heterocycles. The van der Waals surface area contributed by atoms with E-state index in [1.165, 1.54) is 21.3 Å². The van der Waals surface area contributed by atoms with Crippen molar-refractivity contribution in [3.63, 3.8) is 0 Å². The Labute approximate surface area is 310 Å². The van der Waals surface area contributed by atoms with Gasteiger partial charge in [-0.1, -0.05) is 12.8 Å². The smallest absolute Gasteiger partial charge is 0.305 e. The molecular weight excluding hydrogens is 708 g/mol. The van der Waals surface area contributed by atoms with Gasteiger partial charge in [0.15, 0.2) is 36.2 Å². The first kappa shape index (κ1) is 43.0. The second-order valence-electron chi connectivity index (χ2n) is 15.5. The van der Waals surface area contributed by atoms with Gasteiger partial charge in [0.1, 0.15) is 67.1 Å². The fourth-order valence-electron chi connectivity index (χ4n) is 7.61. The molecule has 0 saturated carbocycles.